The molecule has 0 aromatic heterocycles. The third-order valence-electron chi connectivity index (χ3n) is 4.78. The Balaban J connectivity index is 1.56. The number of hydrogen-bond acceptors (Lipinski definition) is 3. The summed E-state index contributed by atoms with van der Waals surface area (Å²) in [6.45, 7) is 2.52. The van der Waals surface area contributed by atoms with Crippen LogP contribution in [0, 0.1) is 0 Å². The first kappa shape index (κ1) is 20.2. The molecule has 1 atom stereocenters. The number of nitrogens with one attached hydrogen (secondary N) is 1. The molecular formula is C21H23F3N2O2. The first-order valence-electron chi connectivity index (χ1n) is 9.31. The van der Waals surface area contributed by atoms with Crippen molar-refractivity contribution in [3.63, 3.8) is 0 Å². The van der Waals surface area contributed by atoms with Gasteiger partial charge in [-0.05, 0) is 49.2 Å². The Hall–Kier alpha value is -2.54. The van der Waals surface area contributed by atoms with Crippen LogP contribution in [0.3, 0.4) is 0 Å². The zero-order valence-corrected chi connectivity index (χ0v) is 15.4. The number of rotatable bonds is 7. The second-order valence-electron chi connectivity index (χ2n) is 6.84. The molecule has 1 N–H and O–H groups in total. The number of benzene rings is 2. The molecule has 0 saturated carbocycles. The van der Waals surface area contributed by atoms with E-state index in [1.165, 1.54) is 29.8 Å². The molecule has 1 saturated heterocycles. The maximum Gasteiger partial charge on any atom is 0.573 e. The second-order valence-corrected chi connectivity index (χ2v) is 6.84. The lowest BCUT2D eigenvalue weighted by molar-refractivity contribution is -0.274. The van der Waals surface area contributed by atoms with Gasteiger partial charge in [-0.3, -0.25) is 9.69 Å². The van der Waals surface area contributed by atoms with Crippen molar-refractivity contribution in [3.8, 4) is 5.75 Å². The van der Waals surface area contributed by atoms with E-state index in [-0.39, 0.29) is 24.1 Å². The number of amides is 1. The number of ether oxygens (including phenoxy) is 1. The minimum Gasteiger partial charge on any atom is -0.406 e. The highest BCUT2D eigenvalue weighted by molar-refractivity contribution is 5.78. The van der Waals surface area contributed by atoms with Crippen molar-refractivity contribution in [1.29, 1.82) is 0 Å². The highest BCUT2D eigenvalue weighted by Gasteiger charge is 2.31. The van der Waals surface area contributed by atoms with E-state index in [0.29, 0.717) is 12.1 Å². The van der Waals surface area contributed by atoms with E-state index in [1.54, 1.807) is 0 Å². The maximum absolute atomic E-state index is 12.3. The van der Waals surface area contributed by atoms with E-state index in [0.717, 1.165) is 25.9 Å². The fraction of sp³-hybridized carbons (Fsp3) is 0.381. The van der Waals surface area contributed by atoms with Crippen LogP contribution in [0.25, 0.3) is 0 Å². The van der Waals surface area contributed by atoms with E-state index in [9.17, 15) is 18.0 Å². The number of carbonyl (C=O) groups is 1. The van der Waals surface area contributed by atoms with Gasteiger partial charge in [-0.2, -0.15) is 0 Å². The molecule has 1 unspecified atom stereocenters. The van der Waals surface area contributed by atoms with Gasteiger partial charge in [-0.25, -0.2) is 0 Å². The number of alkyl halides is 3. The van der Waals surface area contributed by atoms with Gasteiger partial charge < -0.3 is 10.1 Å². The monoisotopic (exact) mass is 392 g/mol. The Morgan fingerprint density at radius 2 is 1.68 bits per heavy atom. The van der Waals surface area contributed by atoms with Crippen LogP contribution >= 0.6 is 0 Å². The highest BCUT2D eigenvalue weighted by Crippen LogP contribution is 2.25. The van der Waals surface area contributed by atoms with Crippen LogP contribution in [0.5, 0.6) is 5.75 Å². The molecule has 28 heavy (non-hydrogen) atoms. The fourth-order valence-corrected chi connectivity index (χ4v) is 3.45. The van der Waals surface area contributed by atoms with Gasteiger partial charge in [0.25, 0.3) is 0 Å². The summed E-state index contributed by atoms with van der Waals surface area (Å²) in [5, 5.41) is 2.97. The Morgan fingerprint density at radius 3 is 2.29 bits per heavy atom. The minimum absolute atomic E-state index is 0.105. The van der Waals surface area contributed by atoms with Crippen molar-refractivity contribution in [2.45, 2.75) is 31.7 Å². The van der Waals surface area contributed by atoms with Gasteiger partial charge >= 0.3 is 6.36 Å². The number of halogens is 3. The summed E-state index contributed by atoms with van der Waals surface area (Å²) in [4.78, 5) is 14.7. The molecule has 7 heteroatoms. The molecule has 0 radical (unpaired) electrons. The van der Waals surface area contributed by atoms with Gasteiger partial charge in [-0.15, -0.1) is 13.2 Å². The molecule has 0 aliphatic carbocycles. The van der Waals surface area contributed by atoms with Crippen LogP contribution in [0.15, 0.2) is 54.6 Å². The van der Waals surface area contributed by atoms with Crippen LogP contribution in [-0.2, 0) is 11.2 Å². The lowest BCUT2D eigenvalue weighted by Gasteiger charge is -2.28. The predicted molar refractivity (Wildman–Crippen MR) is 99.8 cm³/mol. The van der Waals surface area contributed by atoms with Gasteiger partial charge in [0.05, 0.1) is 12.5 Å². The summed E-state index contributed by atoms with van der Waals surface area (Å²) >= 11 is 0. The van der Waals surface area contributed by atoms with Gasteiger partial charge in [-0.1, -0.05) is 42.5 Å². The van der Waals surface area contributed by atoms with Crippen LogP contribution < -0.4 is 10.1 Å². The van der Waals surface area contributed by atoms with Crippen LogP contribution in [0.4, 0.5) is 13.2 Å². The van der Waals surface area contributed by atoms with Gasteiger partial charge in [0.15, 0.2) is 0 Å². The Labute approximate surface area is 162 Å². The average molecular weight is 392 g/mol. The summed E-state index contributed by atoms with van der Waals surface area (Å²) in [6, 6.07) is 15.6. The van der Waals surface area contributed by atoms with Crippen LogP contribution in [0.1, 0.15) is 30.0 Å². The Morgan fingerprint density at radius 1 is 1.04 bits per heavy atom. The number of nitrogens with zero attached hydrogens (tertiary/aromatic N) is 1. The topological polar surface area (TPSA) is 41.6 Å². The molecule has 1 heterocycles. The number of likely N-dealkylation sites (tertiary alicyclic amines) is 1. The average Bonchev–Trinajstić information content (AvgIpc) is 3.18. The van der Waals surface area contributed by atoms with Crippen molar-refractivity contribution < 1.29 is 22.7 Å². The zero-order chi connectivity index (χ0) is 20.0. The summed E-state index contributed by atoms with van der Waals surface area (Å²) in [5.74, 6) is -0.459. The molecule has 3 rings (SSSR count). The molecule has 1 fully saturated rings. The largest absolute Gasteiger partial charge is 0.573 e. The minimum atomic E-state index is -4.72. The number of hydrogen-bond donors (Lipinski definition) is 1. The predicted octanol–water partition coefficient (Wildman–Crippen LogP) is 4.08. The van der Waals surface area contributed by atoms with Crippen molar-refractivity contribution in [1.82, 2.24) is 10.2 Å². The first-order valence-corrected chi connectivity index (χ1v) is 9.31. The van der Waals surface area contributed by atoms with Crippen LogP contribution in [0.2, 0.25) is 0 Å². The summed E-state index contributed by atoms with van der Waals surface area (Å²) in [7, 11) is 0. The standard InChI is InChI=1S/C21H23F3N2O2/c22-21(23,24)28-18-10-8-16(9-11-18)14-20(27)25-15-19(26-12-4-5-13-26)17-6-2-1-3-7-17/h1-3,6-11,19H,4-5,12-15H2,(H,25,27). The first-order chi connectivity index (χ1) is 13.4. The molecule has 2 aromatic carbocycles. The van der Waals surface area contributed by atoms with Crippen molar-refractivity contribution in [2.75, 3.05) is 19.6 Å². The summed E-state index contributed by atoms with van der Waals surface area (Å²) in [5.41, 5.74) is 1.79. The van der Waals surface area contributed by atoms with Gasteiger partial charge in [0, 0.05) is 6.54 Å². The van der Waals surface area contributed by atoms with E-state index in [1.807, 2.05) is 18.2 Å². The van der Waals surface area contributed by atoms with Crippen molar-refractivity contribution >= 4 is 5.91 Å². The van der Waals surface area contributed by atoms with Gasteiger partial charge in [0.2, 0.25) is 5.91 Å². The molecular weight excluding hydrogens is 369 g/mol. The van der Waals surface area contributed by atoms with E-state index in [2.05, 4.69) is 27.1 Å². The van der Waals surface area contributed by atoms with Gasteiger partial charge in [0.1, 0.15) is 5.75 Å². The lowest BCUT2D eigenvalue weighted by atomic mass is 10.1. The van der Waals surface area contributed by atoms with E-state index >= 15 is 0 Å². The second kappa shape index (κ2) is 9.10. The molecule has 0 spiro atoms. The normalized spacial score (nSPS) is 16.0. The fourth-order valence-electron chi connectivity index (χ4n) is 3.45. The Bertz CT molecular complexity index is 757. The molecule has 2 aromatic rings. The maximum atomic E-state index is 12.3. The number of carbonyl (C=O) groups excluding carboxylic acids is 1. The smallest absolute Gasteiger partial charge is 0.406 e. The van der Waals surface area contributed by atoms with Crippen molar-refractivity contribution in [3.05, 3.63) is 65.7 Å². The quantitative estimate of drug-likeness (QED) is 0.772. The third-order valence-corrected chi connectivity index (χ3v) is 4.78. The van der Waals surface area contributed by atoms with Crippen molar-refractivity contribution in [2.24, 2.45) is 0 Å². The molecule has 1 aliphatic heterocycles. The lowest BCUT2D eigenvalue weighted by Crippen LogP contribution is -2.37. The molecule has 1 aliphatic rings. The highest BCUT2D eigenvalue weighted by atomic mass is 19.4. The van der Waals surface area contributed by atoms with E-state index in [4.69, 9.17) is 0 Å². The summed E-state index contributed by atoms with van der Waals surface area (Å²) in [6.07, 6.45) is -2.30. The molecule has 0 bridgehead atoms. The zero-order valence-electron chi connectivity index (χ0n) is 15.4. The van der Waals surface area contributed by atoms with Crippen LogP contribution in [-0.4, -0.2) is 36.8 Å². The van der Waals surface area contributed by atoms with E-state index < -0.39 is 6.36 Å². The third kappa shape index (κ3) is 5.99. The molecule has 150 valence electrons. The Kier molecular flexibility index (Phi) is 6.57. The molecule has 1 amide bonds. The summed E-state index contributed by atoms with van der Waals surface area (Å²) < 4.78 is 40.5. The molecule has 4 nitrogen and oxygen atoms in total. The SMILES string of the molecule is O=C(Cc1ccc(OC(F)(F)F)cc1)NCC(c1ccccc1)N1CCCC1.